The Morgan fingerprint density at radius 3 is 2.82 bits per heavy atom. The van der Waals surface area contributed by atoms with E-state index in [1.165, 1.54) is 12.8 Å². The molecule has 1 heterocycles. The average molecular weight is 236 g/mol. The topological polar surface area (TPSA) is 73.1 Å². The highest BCUT2D eigenvalue weighted by Gasteiger charge is 2.27. The van der Waals surface area contributed by atoms with Crippen LogP contribution in [-0.2, 0) is 0 Å². The fourth-order valence-corrected chi connectivity index (χ4v) is 1.51. The van der Waals surface area contributed by atoms with Gasteiger partial charge >= 0.3 is 0 Å². The summed E-state index contributed by atoms with van der Waals surface area (Å²) in [5.74, 6) is 8.61. The molecule has 0 aliphatic heterocycles. The lowest BCUT2D eigenvalue weighted by Gasteiger charge is -2.09. The number of nitrogens with one attached hydrogen (secondary N) is 1. The minimum Gasteiger partial charge on any atom is -0.478 e. The van der Waals surface area contributed by atoms with Crippen LogP contribution in [0.25, 0.3) is 0 Å². The highest BCUT2D eigenvalue weighted by atomic mass is 16.5. The summed E-state index contributed by atoms with van der Waals surface area (Å²) in [5.41, 5.74) is 2.56. The molecule has 3 N–H and O–H groups in total. The van der Waals surface area contributed by atoms with Crippen LogP contribution in [0.3, 0.4) is 0 Å². The van der Waals surface area contributed by atoms with Gasteiger partial charge in [0.05, 0.1) is 6.61 Å². The van der Waals surface area contributed by atoms with Crippen molar-refractivity contribution in [2.45, 2.75) is 39.0 Å². The molecule has 0 spiro atoms. The van der Waals surface area contributed by atoms with E-state index in [0.29, 0.717) is 30.1 Å². The number of hydrogen-bond acceptors (Lipinski definition) is 5. The van der Waals surface area contributed by atoms with E-state index in [1.54, 1.807) is 6.07 Å². The number of ether oxygens (including phenoxy) is 1. The Kier molecular flexibility index (Phi) is 3.78. The quantitative estimate of drug-likeness (QED) is 0.584. The number of hydrazine groups is 1. The van der Waals surface area contributed by atoms with E-state index in [9.17, 15) is 0 Å². The third-order valence-corrected chi connectivity index (χ3v) is 2.76. The molecule has 0 atom stereocenters. The van der Waals surface area contributed by atoms with Gasteiger partial charge in [-0.1, -0.05) is 13.8 Å². The van der Waals surface area contributed by atoms with Gasteiger partial charge in [0, 0.05) is 12.0 Å². The van der Waals surface area contributed by atoms with Crippen LogP contribution in [0.4, 0.5) is 5.82 Å². The van der Waals surface area contributed by atoms with Crippen LogP contribution < -0.4 is 16.0 Å². The Hall–Kier alpha value is -1.36. The van der Waals surface area contributed by atoms with Crippen molar-refractivity contribution in [3.8, 4) is 5.88 Å². The number of nitrogen functional groups attached to an aromatic ring is 1. The van der Waals surface area contributed by atoms with Crippen LogP contribution in [0.2, 0.25) is 0 Å². The Balaban J connectivity index is 2.01. The fourth-order valence-electron chi connectivity index (χ4n) is 1.51. The third kappa shape index (κ3) is 3.56. The summed E-state index contributed by atoms with van der Waals surface area (Å²) in [4.78, 5) is 8.74. The molecule has 1 fully saturated rings. The number of hydrogen-bond donors (Lipinski definition) is 2. The highest BCUT2D eigenvalue weighted by molar-refractivity contribution is 5.38. The first-order chi connectivity index (χ1) is 8.19. The van der Waals surface area contributed by atoms with Crippen LogP contribution in [0.15, 0.2) is 6.07 Å². The van der Waals surface area contributed by atoms with Crippen molar-refractivity contribution < 1.29 is 4.74 Å². The Morgan fingerprint density at radius 2 is 2.24 bits per heavy atom. The maximum absolute atomic E-state index is 5.63. The summed E-state index contributed by atoms with van der Waals surface area (Å²) >= 11 is 0. The molecule has 0 amide bonds. The number of rotatable bonds is 6. The predicted octanol–water partition coefficient (Wildman–Crippen LogP) is 2.06. The molecular formula is C12H20N4O. The van der Waals surface area contributed by atoms with Gasteiger partial charge in [-0.2, -0.15) is 4.98 Å². The number of nitrogens with zero attached hydrogens (tertiary/aromatic N) is 2. The Labute approximate surface area is 102 Å². The number of aromatic nitrogens is 2. The van der Waals surface area contributed by atoms with E-state index in [0.717, 1.165) is 12.2 Å². The number of anilines is 1. The molecule has 0 bridgehead atoms. The fraction of sp³-hybridized carbons (Fsp3) is 0.667. The first kappa shape index (κ1) is 12.1. The monoisotopic (exact) mass is 236 g/mol. The molecule has 5 nitrogen and oxygen atoms in total. The van der Waals surface area contributed by atoms with Crippen molar-refractivity contribution in [2.24, 2.45) is 11.8 Å². The third-order valence-electron chi connectivity index (χ3n) is 2.76. The Bertz CT molecular complexity index is 377. The van der Waals surface area contributed by atoms with Gasteiger partial charge in [0.25, 0.3) is 0 Å². The second-order valence-corrected chi connectivity index (χ2v) is 4.90. The van der Waals surface area contributed by atoms with Gasteiger partial charge in [0.1, 0.15) is 11.6 Å². The van der Waals surface area contributed by atoms with E-state index in [-0.39, 0.29) is 0 Å². The largest absolute Gasteiger partial charge is 0.478 e. The summed E-state index contributed by atoms with van der Waals surface area (Å²) in [5, 5.41) is 0. The maximum Gasteiger partial charge on any atom is 0.218 e. The van der Waals surface area contributed by atoms with Crippen molar-refractivity contribution in [2.75, 3.05) is 12.0 Å². The molecule has 17 heavy (non-hydrogen) atoms. The molecule has 1 aliphatic rings. The molecule has 1 aromatic rings. The van der Waals surface area contributed by atoms with E-state index in [2.05, 4.69) is 29.2 Å². The lowest BCUT2D eigenvalue weighted by molar-refractivity contribution is 0.278. The molecule has 1 aromatic heterocycles. The summed E-state index contributed by atoms with van der Waals surface area (Å²) in [7, 11) is 0. The molecule has 1 saturated carbocycles. The second-order valence-electron chi connectivity index (χ2n) is 4.90. The van der Waals surface area contributed by atoms with Crippen molar-refractivity contribution in [1.29, 1.82) is 0 Å². The molecule has 0 aromatic carbocycles. The van der Waals surface area contributed by atoms with E-state index < -0.39 is 0 Å². The SMILES string of the molecule is CC(C)CCOc1cc(NN)nc(C2CC2)n1. The summed E-state index contributed by atoms with van der Waals surface area (Å²) in [6.07, 6.45) is 3.35. The normalized spacial score (nSPS) is 15.1. The molecule has 0 saturated heterocycles. The number of nitrogens with two attached hydrogens (primary N) is 1. The summed E-state index contributed by atoms with van der Waals surface area (Å²) in [6, 6.07) is 1.74. The van der Waals surface area contributed by atoms with Gasteiger partial charge < -0.3 is 10.2 Å². The summed E-state index contributed by atoms with van der Waals surface area (Å²) < 4.78 is 5.63. The zero-order chi connectivity index (χ0) is 12.3. The van der Waals surface area contributed by atoms with Gasteiger partial charge in [-0.25, -0.2) is 10.8 Å². The highest BCUT2D eigenvalue weighted by Crippen LogP contribution is 2.39. The van der Waals surface area contributed by atoms with Gasteiger partial charge in [0.15, 0.2) is 0 Å². The van der Waals surface area contributed by atoms with Crippen molar-refractivity contribution in [1.82, 2.24) is 9.97 Å². The lowest BCUT2D eigenvalue weighted by atomic mass is 10.1. The lowest BCUT2D eigenvalue weighted by Crippen LogP contribution is -2.11. The molecular weight excluding hydrogens is 216 g/mol. The molecule has 0 radical (unpaired) electrons. The van der Waals surface area contributed by atoms with Gasteiger partial charge in [0.2, 0.25) is 5.88 Å². The average Bonchev–Trinajstić information content (AvgIpc) is 3.12. The zero-order valence-electron chi connectivity index (χ0n) is 10.4. The standard InChI is InChI=1S/C12H20N4O/c1-8(2)5-6-17-11-7-10(16-13)14-12(15-11)9-3-4-9/h7-9H,3-6,13H2,1-2H3,(H,14,15,16). The zero-order valence-corrected chi connectivity index (χ0v) is 10.4. The van der Waals surface area contributed by atoms with Crippen LogP contribution in [0.1, 0.15) is 44.9 Å². The van der Waals surface area contributed by atoms with Crippen LogP contribution in [-0.4, -0.2) is 16.6 Å². The first-order valence-corrected chi connectivity index (χ1v) is 6.17. The van der Waals surface area contributed by atoms with Crippen LogP contribution in [0.5, 0.6) is 5.88 Å². The smallest absolute Gasteiger partial charge is 0.218 e. The van der Waals surface area contributed by atoms with E-state index >= 15 is 0 Å². The van der Waals surface area contributed by atoms with Crippen LogP contribution >= 0.6 is 0 Å². The molecule has 94 valence electrons. The Morgan fingerprint density at radius 1 is 1.47 bits per heavy atom. The van der Waals surface area contributed by atoms with Gasteiger partial charge in [-0.05, 0) is 25.2 Å². The second kappa shape index (κ2) is 5.31. The van der Waals surface area contributed by atoms with E-state index in [4.69, 9.17) is 10.6 Å². The first-order valence-electron chi connectivity index (χ1n) is 6.17. The summed E-state index contributed by atoms with van der Waals surface area (Å²) in [6.45, 7) is 5.03. The minimum atomic E-state index is 0.496. The van der Waals surface area contributed by atoms with Crippen molar-refractivity contribution >= 4 is 5.82 Å². The molecule has 2 rings (SSSR count). The van der Waals surface area contributed by atoms with Crippen molar-refractivity contribution in [3.63, 3.8) is 0 Å². The predicted molar refractivity (Wildman–Crippen MR) is 66.8 cm³/mol. The molecule has 1 aliphatic carbocycles. The molecule has 0 unspecified atom stereocenters. The van der Waals surface area contributed by atoms with Crippen LogP contribution in [0, 0.1) is 5.92 Å². The van der Waals surface area contributed by atoms with E-state index in [1.807, 2.05) is 0 Å². The van der Waals surface area contributed by atoms with Gasteiger partial charge in [-0.3, -0.25) is 0 Å². The minimum absolute atomic E-state index is 0.496. The van der Waals surface area contributed by atoms with Crippen molar-refractivity contribution in [3.05, 3.63) is 11.9 Å². The molecule has 5 heteroatoms. The maximum atomic E-state index is 5.63. The van der Waals surface area contributed by atoms with Gasteiger partial charge in [-0.15, -0.1) is 0 Å².